The second-order valence-corrected chi connectivity index (χ2v) is 8.35. The topological polar surface area (TPSA) is 88.6 Å². The summed E-state index contributed by atoms with van der Waals surface area (Å²) in [6, 6.07) is 5.29. The van der Waals surface area contributed by atoms with Crippen molar-refractivity contribution < 1.29 is 18.5 Å². The number of carbonyl (C=O) groups excluding carboxylic acids is 2. The van der Waals surface area contributed by atoms with E-state index in [1.165, 1.54) is 38.5 Å². The van der Waals surface area contributed by atoms with E-state index in [-0.39, 0.29) is 24.1 Å². The molecule has 2 amide bonds. The van der Waals surface area contributed by atoms with Gasteiger partial charge in [-0.25, -0.2) is 0 Å². The van der Waals surface area contributed by atoms with Gasteiger partial charge in [0.15, 0.2) is 11.5 Å². The third kappa shape index (κ3) is 5.71. The van der Waals surface area contributed by atoms with Gasteiger partial charge < -0.3 is 19.2 Å². The molecule has 2 aromatic rings. The van der Waals surface area contributed by atoms with Crippen molar-refractivity contribution in [3.8, 4) is 0 Å². The molecule has 7 heteroatoms. The molecular formula is C22H29N3O4. The highest BCUT2D eigenvalue weighted by Gasteiger charge is 2.24. The van der Waals surface area contributed by atoms with E-state index in [1.807, 2.05) is 12.1 Å². The van der Waals surface area contributed by atoms with Gasteiger partial charge in [0.2, 0.25) is 5.91 Å². The first-order valence-corrected chi connectivity index (χ1v) is 10.7. The van der Waals surface area contributed by atoms with Crippen LogP contribution < -0.4 is 5.32 Å². The molecule has 4 rings (SSSR count). The number of amides is 2. The fourth-order valence-corrected chi connectivity index (χ4v) is 3.94. The molecule has 0 aromatic carbocycles. The van der Waals surface area contributed by atoms with Gasteiger partial charge in [-0.3, -0.25) is 9.59 Å². The molecule has 2 saturated carbocycles. The van der Waals surface area contributed by atoms with Crippen LogP contribution in [0.25, 0.3) is 0 Å². The summed E-state index contributed by atoms with van der Waals surface area (Å²) in [4.78, 5) is 26.8. The van der Waals surface area contributed by atoms with E-state index in [0.717, 1.165) is 12.2 Å². The van der Waals surface area contributed by atoms with Crippen LogP contribution in [-0.2, 0) is 17.9 Å². The van der Waals surface area contributed by atoms with Crippen molar-refractivity contribution in [1.29, 1.82) is 0 Å². The normalized spacial score (nSPS) is 16.8. The summed E-state index contributed by atoms with van der Waals surface area (Å²) >= 11 is 0. The van der Waals surface area contributed by atoms with Gasteiger partial charge in [-0.1, -0.05) is 30.8 Å². The zero-order valence-electron chi connectivity index (χ0n) is 16.8. The van der Waals surface area contributed by atoms with Gasteiger partial charge in [0.1, 0.15) is 5.76 Å². The van der Waals surface area contributed by atoms with Gasteiger partial charge in [0, 0.05) is 19.0 Å². The Hall–Kier alpha value is -2.57. The largest absolute Gasteiger partial charge is 0.467 e. The average Bonchev–Trinajstić information content (AvgIpc) is 3.15. The van der Waals surface area contributed by atoms with Crippen molar-refractivity contribution in [2.24, 2.45) is 11.8 Å². The Labute approximate surface area is 170 Å². The number of nitrogens with zero attached hydrogens (tertiary/aromatic N) is 2. The number of aromatic nitrogens is 1. The third-order valence-corrected chi connectivity index (χ3v) is 5.91. The number of furan rings is 1. The van der Waals surface area contributed by atoms with Gasteiger partial charge in [0.25, 0.3) is 5.91 Å². The lowest BCUT2D eigenvalue weighted by Gasteiger charge is -2.21. The van der Waals surface area contributed by atoms with Gasteiger partial charge in [0.05, 0.1) is 19.4 Å². The minimum absolute atomic E-state index is 0.0736. The monoisotopic (exact) mass is 399 g/mol. The maximum absolute atomic E-state index is 12.9. The van der Waals surface area contributed by atoms with E-state index in [4.69, 9.17) is 8.94 Å². The summed E-state index contributed by atoms with van der Waals surface area (Å²) in [6.45, 7) is 1.33. The molecule has 2 fully saturated rings. The van der Waals surface area contributed by atoms with Crippen LogP contribution in [0.2, 0.25) is 0 Å². The van der Waals surface area contributed by atoms with Crippen molar-refractivity contribution in [2.45, 2.75) is 64.5 Å². The lowest BCUT2D eigenvalue weighted by Crippen LogP contribution is -2.30. The Kier molecular flexibility index (Phi) is 6.32. The van der Waals surface area contributed by atoms with E-state index in [0.29, 0.717) is 37.1 Å². The van der Waals surface area contributed by atoms with Crippen LogP contribution in [0.5, 0.6) is 0 Å². The standard InChI is InChI=1S/C22H29N3O4/c26-21(10-9-16-4-1-2-5-16)25(14-18-6-3-11-28-18)15-19-12-20(24-29-19)22(27)23-13-17-7-8-17/h3,6,11-12,16-17H,1-2,4-5,7-10,13-15H2,(H,23,27). The second-order valence-electron chi connectivity index (χ2n) is 8.35. The predicted molar refractivity (Wildman–Crippen MR) is 106 cm³/mol. The Morgan fingerprint density at radius 3 is 2.62 bits per heavy atom. The second kappa shape index (κ2) is 9.29. The zero-order chi connectivity index (χ0) is 20.1. The molecule has 0 atom stereocenters. The number of nitrogens with one attached hydrogen (secondary N) is 1. The van der Waals surface area contributed by atoms with Crippen molar-refractivity contribution in [3.63, 3.8) is 0 Å². The van der Waals surface area contributed by atoms with E-state index in [1.54, 1.807) is 17.2 Å². The van der Waals surface area contributed by atoms with E-state index in [9.17, 15) is 9.59 Å². The van der Waals surface area contributed by atoms with Crippen molar-refractivity contribution in [3.05, 3.63) is 41.7 Å². The van der Waals surface area contributed by atoms with E-state index >= 15 is 0 Å². The average molecular weight is 399 g/mol. The Morgan fingerprint density at radius 1 is 1.10 bits per heavy atom. The molecule has 2 aliphatic rings. The van der Waals surface area contributed by atoms with Crippen LogP contribution in [0.3, 0.4) is 0 Å². The zero-order valence-corrected chi connectivity index (χ0v) is 16.8. The molecule has 1 N–H and O–H groups in total. The molecule has 7 nitrogen and oxygen atoms in total. The highest BCUT2D eigenvalue weighted by molar-refractivity contribution is 5.92. The number of rotatable bonds is 10. The quantitative estimate of drug-likeness (QED) is 0.654. The van der Waals surface area contributed by atoms with Crippen LogP contribution in [-0.4, -0.2) is 28.4 Å². The minimum atomic E-state index is -0.225. The van der Waals surface area contributed by atoms with Gasteiger partial charge in [-0.2, -0.15) is 0 Å². The lowest BCUT2D eigenvalue weighted by molar-refractivity contribution is -0.133. The Morgan fingerprint density at radius 2 is 1.90 bits per heavy atom. The van der Waals surface area contributed by atoms with Gasteiger partial charge in [-0.05, 0) is 43.2 Å². The third-order valence-electron chi connectivity index (χ3n) is 5.91. The highest BCUT2D eigenvalue weighted by atomic mass is 16.5. The van der Waals surface area contributed by atoms with E-state index in [2.05, 4.69) is 10.5 Å². The van der Waals surface area contributed by atoms with Gasteiger partial charge >= 0.3 is 0 Å². The minimum Gasteiger partial charge on any atom is -0.467 e. The molecule has 29 heavy (non-hydrogen) atoms. The Bertz CT molecular complexity index is 804. The molecule has 156 valence electrons. The first-order valence-electron chi connectivity index (χ1n) is 10.7. The molecule has 2 aromatic heterocycles. The van der Waals surface area contributed by atoms with Crippen LogP contribution in [0, 0.1) is 11.8 Å². The predicted octanol–water partition coefficient (Wildman–Crippen LogP) is 3.91. The summed E-state index contributed by atoms with van der Waals surface area (Å²) in [5.74, 6) is 2.34. The summed E-state index contributed by atoms with van der Waals surface area (Å²) in [5, 5.41) is 6.77. The number of carbonyl (C=O) groups is 2. The van der Waals surface area contributed by atoms with Crippen molar-refractivity contribution >= 4 is 11.8 Å². The molecule has 0 unspecified atom stereocenters. The maximum atomic E-state index is 12.9. The number of hydrogen-bond donors (Lipinski definition) is 1. The summed E-state index contributed by atoms with van der Waals surface area (Å²) in [6.07, 6.45) is 10.4. The molecule has 0 saturated heterocycles. The van der Waals surface area contributed by atoms with Crippen LogP contribution >= 0.6 is 0 Å². The van der Waals surface area contributed by atoms with Crippen molar-refractivity contribution in [2.75, 3.05) is 6.54 Å². The summed E-state index contributed by atoms with van der Waals surface area (Å²) in [5.41, 5.74) is 0.261. The fourth-order valence-electron chi connectivity index (χ4n) is 3.94. The molecular weight excluding hydrogens is 370 g/mol. The van der Waals surface area contributed by atoms with Gasteiger partial charge in [-0.15, -0.1) is 0 Å². The molecule has 2 aliphatic carbocycles. The van der Waals surface area contributed by atoms with Crippen LogP contribution in [0.4, 0.5) is 0 Å². The lowest BCUT2D eigenvalue weighted by atomic mass is 10.0. The maximum Gasteiger partial charge on any atom is 0.273 e. The smallest absolute Gasteiger partial charge is 0.273 e. The first-order chi connectivity index (χ1) is 14.2. The van der Waals surface area contributed by atoms with E-state index < -0.39 is 0 Å². The summed E-state index contributed by atoms with van der Waals surface area (Å²) < 4.78 is 10.8. The van der Waals surface area contributed by atoms with Crippen molar-refractivity contribution in [1.82, 2.24) is 15.4 Å². The summed E-state index contributed by atoms with van der Waals surface area (Å²) in [7, 11) is 0. The molecule has 0 radical (unpaired) electrons. The van der Waals surface area contributed by atoms with Crippen LogP contribution in [0.15, 0.2) is 33.4 Å². The molecule has 0 spiro atoms. The molecule has 2 heterocycles. The molecule has 0 bridgehead atoms. The first kappa shape index (κ1) is 19.7. The fraction of sp³-hybridized carbons (Fsp3) is 0.591. The molecule has 0 aliphatic heterocycles. The number of hydrogen-bond acceptors (Lipinski definition) is 5. The Balaban J connectivity index is 1.36. The SMILES string of the molecule is O=C(NCC1CC1)c1cc(CN(Cc2ccco2)C(=O)CCC2CCCC2)on1. The highest BCUT2D eigenvalue weighted by Crippen LogP contribution is 2.29. The van der Waals surface area contributed by atoms with Crippen LogP contribution in [0.1, 0.15) is 73.4 Å².